The van der Waals surface area contributed by atoms with E-state index >= 15 is 0 Å². The molecule has 1 unspecified atom stereocenters. The number of fused-ring (bicyclic) bond motifs is 1. The first kappa shape index (κ1) is 13.4. The fourth-order valence-electron chi connectivity index (χ4n) is 2.02. The standard InChI is InChI=1S/C13H15NO5/c15-7-3-6-14-9-4-1-2-5-10(9)19-11(13(14)18)8-12(16)17/h1-2,4-5,11,15H,3,6-8H2,(H,16,17). The predicted octanol–water partition coefficient (Wildman–Crippen LogP) is 0.638. The lowest BCUT2D eigenvalue weighted by Crippen LogP contribution is -2.47. The van der Waals surface area contributed by atoms with E-state index in [1.165, 1.54) is 4.90 Å². The van der Waals surface area contributed by atoms with Gasteiger partial charge in [-0.15, -0.1) is 0 Å². The number of carbonyl (C=O) groups is 2. The minimum Gasteiger partial charge on any atom is -0.481 e. The normalized spacial score (nSPS) is 17.8. The molecule has 102 valence electrons. The second-order valence-electron chi connectivity index (χ2n) is 4.24. The van der Waals surface area contributed by atoms with E-state index in [4.69, 9.17) is 14.9 Å². The van der Waals surface area contributed by atoms with Gasteiger partial charge in [-0.2, -0.15) is 0 Å². The number of anilines is 1. The number of amides is 1. The van der Waals surface area contributed by atoms with Crippen molar-refractivity contribution in [1.29, 1.82) is 0 Å². The van der Waals surface area contributed by atoms with E-state index in [9.17, 15) is 9.59 Å². The first-order chi connectivity index (χ1) is 9.13. The van der Waals surface area contributed by atoms with Crippen LogP contribution >= 0.6 is 0 Å². The third-order valence-electron chi connectivity index (χ3n) is 2.87. The maximum Gasteiger partial charge on any atom is 0.307 e. The Morgan fingerprint density at radius 3 is 2.79 bits per heavy atom. The van der Waals surface area contributed by atoms with Crippen LogP contribution in [0.5, 0.6) is 5.75 Å². The fraction of sp³-hybridized carbons (Fsp3) is 0.385. The summed E-state index contributed by atoms with van der Waals surface area (Å²) >= 11 is 0. The van der Waals surface area contributed by atoms with Crippen LogP contribution in [0.4, 0.5) is 5.69 Å². The highest BCUT2D eigenvalue weighted by molar-refractivity contribution is 6.01. The molecule has 0 bridgehead atoms. The highest BCUT2D eigenvalue weighted by Crippen LogP contribution is 2.34. The Labute approximate surface area is 110 Å². The zero-order chi connectivity index (χ0) is 13.8. The van der Waals surface area contributed by atoms with Crippen molar-refractivity contribution in [3.63, 3.8) is 0 Å². The van der Waals surface area contributed by atoms with Gasteiger partial charge in [0.05, 0.1) is 12.1 Å². The molecule has 0 saturated carbocycles. The Morgan fingerprint density at radius 1 is 1.37 bits per heavy atom. The van der Waals surface area contributed by atoms with Gasteiger partial charge in [0, 0.05) is 13.2 Å². The van der Waals surface area contributed by atoms with Gasteiger partial charge in [-0.25, -0.2) is 0 Å². The summed E-state index contributed by atoms with van der Waals surface area (Å²) in [6, 6.07) is 6.97. The Hall–Kier alpha value is -2.08. The molecule has 0 fully saturated rings. The number of carbonyl (C=O) groups excluding carboxylic acids is 1. The molecule has 1 amide bonds. The number of carboxylic acids is 1. The number of rotatable bonds is 5. The molecular weight excluding hydrogens is 250 g/mol. The van der Waals surface area contributed by atoms with Crippen LogP contribution in [0.1, 0.15) is 12.8 Å². The molecule has 1 aromatic rings. The lowest BCUT2D eigenvalue weighted by atomic mass is 10.1. The summed E-state index contributed by atoms with van der Waals surface area (Å²) in [5.74, 6) is -0.972. The zero-order valence-electron chi connectivity index (χ0n) is 10.3. The van der Waals surface area contributed by atoms with Gasteiger partial charge >= 0.3 is 5.97 Å². The van der Waals surface area contributed by atoms with E-state index in [-0.39, 0.29) is 18.9 Å². The van der Waals surface area contributed by atoms with Crippen molar-refractivity contribution in [2.24, 2.45) is 0 Å². The number of aliphatic hydroxyl groups excluding tert-OH is 1. The first-order valence-corrected chi connectivity index (χ1v) is 6.03. The SMILES string of the molecule is O=C(O)CC1Oc2ccccc2N(CCCO)C1=O. The fourth-order valence-corrected chi connectivity index (χ4v) is 2.02. The number of ether oxygens (including phenoxy) is 1. The molecule has 6 nitrogen and oxygen atoms in total. The summed E-state index contributed by atoms with van der Waals surface area (Å²) in [7, 11) is 0. The lowest BCUT2D eigenvalue weighted by Gasteiger charge is -2.33. The van der Waals surface area contributed by atoms with Gasteiger partial charge in [0.2, 0.25) is 0 Å². The number of para-hydroxylation sites is 2. The highest BCUT2D eigenvalue weighted by atomic mass is 16.5. The molecule has 0 aromatic heterocycles. The second-order valence-corrected chi connectivity index (χ2v) is 4.24. The van der Waals surface area contributed by atoms with E-state index in [2.05, 4.69) is 0 Å². The van der Waals surface area contributed by atoms with Crippen LogP contribution in [0.3, 0.4) is 0 Å². The third-order valence-corrected chi connectivity index (χ3v) is 2.87. The summed E-state index contributed by atoms with van der Waals surface area (Å²) in [4.78, 5) is 24.4. The van der Waals surface area contributed by atoms with Gasteiger partial charge < -0.3 is 19.8 Å². The van der Waals surface area contributed by atoms with Crippen molar-refractivity contribution in [2.75, 3.05) is 18.1 Å². The topological polar surface area (TPSA) is 87.1 Å². The Morgan fingerprint density at radius 2 is 2.11 bits per heavy atom. The molecule has 1 aromatic carbocycles. The monoisotopic (exact) mass is 265 g/mol. The molecule has 0 radical (unpaired) electrons. The van der Waals surface area contributed by atoms with Gasteiger partial charge in [-0.3, -0.25) is 9.59 Å². The van der Waals surface area contributed by atoms with Crippen LogP contribution in [0.25, 0.3) is 0 Å². The van der Waals surface area contributed by atoms with Crippen molar-refractivity contribution < 1.29 is 24.5 Å². The quantitative estimate of drug-likeness (QED) is 0.815. The summed E-state index contributed by atoms with van der Waals surface area (Å²) in [5, 5.41) is 17.7. The smallest absolute Gasteiger partial charge is 0.307 e. The average Bonchev–Trinajstić information content (AvgIpc) is 2.38. The van der Waals surface area contributed by atoms with Crippen molar-refractivity contribution in [1.82, 2.24) is 0 Å². The summed E-state index contributed by atoms with van der Waals surface area (Å²) in [6.07, 6.45) is -0.950. The number of aliphatic hydroxyl groups is 1. The molecule has 2 N–H and O–H groups in total. The van der Waals surface area contributed by atoms with Crippen LogP contribution < -0.4 is 9.64 Å². The van der Waals surface area contributed by atoms with Crippen molar-refractivity contribution in [3.8, 4) is 5.75 Å². The van der Waals surface area contributed by atoms with E-state index in [0.717, 1.165) is 0 Å². The second kappa shape index (κ2) is 5.71. The number of nitrogens with zero attached hydrogens (tertiary/aromatic N) is 1. The number of aliphatic carboxylic acids is 1. The summed E-state index contributed by atoms with van der Waals surface area (Å²) in [5.41, 5.74) is 0.614. The van der Waals surface area contributed by atoms with Crippen molar-refractivity contribution in [3.05, 3.63) is 24.3 Å². The van der Waals surface area contributed by atoms with Gasteiger partial charge in [-0.05, 0) is 18.6 Å². The summed E-state index contributed by atoms with van der Waals surface area (Å²) in [6.45, 7) is 0.308. The minimum atomic E-state index is -1.08. The molecule has 1 aliphatic heterocycles. The van der Waals surface area contributed by atoms with Crippen molar-refractivity contribution in [2.45, 2.75) is 18.9 Å². The van der Waals surface area contributed by atoms with Crippen LogP contribution in [0, 0.1) is 0 Å². The molecule has 1 heterocycles. The largest absolute Gasteiger partial charge is 0.481 e. The molecule has 19 heavy (non-hydrogen) atoms. The molecule has 1 atom stereocenters. The molecule has 0 saturated heterocycles. The Balaban J connectivity index is 2.28. The highest BCUT2D eigenvalue weighted by Gasteiger charge is 2.35. The predicted molar refractivity (Wildman–Crippen MR) is 67.2 cm³/mol. The number of benzene rings is 1. The number of hydrogen-bond donors (Lipinski definition) is 2. The number of carboxylic acid groups (broad SMARTS) is 1. The lowest BCUT2D eigenvalue weighted by molar-refractivity contribution is -0.142. The maximum absolute atomic E-state index is 12.2. The molecule has 2 rings (SSSR count). The molecule has 6 heteroatoms. The average molecular weight is 265 g/mol. The molecule has 0 aliphatic carbocycles. The first-order valence-electron chi connectivity index (χ1n) is 6.03. The minimum absolute atomic E-state index is 0.0313. The van der Waals surface area contributed by atoms with Gasteiger partial charge in [0.25, 0.3) is 5.91 Å². The van der Waals surface area contributed by atoms with Gasteiger partial charge in [0.1, 0.15) is 5.75 Å². The summed E-state index contributed by atoms with van der Waals surface area (Å²) < 4.78 is 5.43. The van der Waals surface area contributed by atoms with Crippen molar-refractivity contribution >= 4 is 17.6 Å². The van der Waals surface area contributed by atoms with E-state index in [0.29, 0.717) is 24.4 Å². The van der Waals surface area contributed by atoms with Crippen LogP contribution in [0.2, 0.25) is 0 Å². The van der Waals surface area contributed by atoms with E-state index in [1.807, 2.05) is 0 Å². The molecular formula is C13H15NO5. The molecule has 0 spiro atoms. The maximum atomic E-state index is 12.2. The third kappa shape index (κ3) is 2.85. The Kier molecular flexibility index (Phi) is 4.01. The van der Waals surface area contributed by atoms with Crippen LogP contribution in [-0.2, 0) is 9.59 Å². The van der Waals surface area contributed by atoms with E-state index < -0.39 is 12.1 Å². The Bertz CT molecular complexity index is 488. The zero-order valence-corrected chi connectivity index (χ0v) is 10.3. The van der Waals surface area contributed by atoms with Gasteiger partial charge in [-0.1, -0.05) is 12.1 Å². The van der Waals surface area contributed by atoms with E-state index in [1.54, 1.807) is 24.3 Å². The number of hydrogen-bond acceptors (Lipinski definition) is 4. The molecule has 1 aliphatic rings. The van der Waals surface area contributed by atoms with Gasteiger partial charge in [0.15, 0.2) is 6.10 Å². The van der Waals surface area contributed by atoms with Crippen LogP contribution in [0.15, 0.2) is 24.3 Å². The van der Waals surface area contributed by atoms with Crippen LogP contribution in [-0.4, -0.2) is 41.3 Å².